The van der Waals surface area contributed by atoms with Crippen LogP contribution in [0.15, 0.2) is 109 Å². The van der Waals surface area contributed by atoms with E-state index < -0.39 is 6.10 Å². The zero-order valence-electron chi connectivity index (χ0n) is 39.1. The lowest BCUT2D eigenvalue weighted by molar-refractivity contribution is -0.166. The lowest BCUT2D eigenvalue weighted by atomic mass is 10.1. The van der Waals surface area contributed by atoms with Crippen molar-refractivity contribution < 1.29 is 28.6 Å². The van der Waals surface area contributed by atoms with Crippen LogP contribution >= 0.6 is 0 Å². The first-order valence-electron chi connectivity index (χ1n) is 24.4. The van der Waals surface area contributed by atoms with E-state index in [2.05, 4.69) is 87.6 Å². The molecule has 344 valence electrons. The molecule has 0 aliphatic rings. The molecule has 61 heavy (non-hydrogen) atoms. The Kier molecular flexibility index (Phi) is 45.6. The zero-order chi connectivity index (χ0) is 44.4. The van der Waals surface area contributed by atoms with E-state index in [1.807, 2.05) is 42.5 Å². The van der Waals surface area contributed by atoms with Crippen LogP contribution in [-0.2, 0) is 28.6 Å². The van der Waals surface area contributed by atoms with Crippen LogP contribution in [0.1, 0.15) is 201 Å². The maximum absolute atomic E-state index is 12.7. The van der Waals surface area contributed by atoms with E-state index in [9.17, 15) is 14.4 Å². The van der Waals surface area contributed by atoms with Crippen LogP contribution in [0.25, 0.3) is 0 Å². The van der Waals surface area contributed by atoms with E-state index in [1.165, 1.54) is 83.5 Å². The maximum Gasteiger partial charge on any atom is 0.306 e. The molecule has 1 unspecified atom stereocenters. The first-order valence-corrected chi connectivity index (χ1v) is 24.4. The molecular formula is C55H88O6. The quantitative estimate of drug-likeness (QED) is 0.0200. The molecule has 0 bridgehead atoms. The van der Waals surface area contributed by atoms with Crippen molar-refractivity contribution in [1.82, 2.24) is 0 Å². The van der Waals surface area contributed by atoms with Crippen LogP contribution in [0.2, 0.25) is 0 Å². The Labute approximate surface area is 374 Å². The third kappa shape index (κ3) is 47.0. The van der Waals surface area contributed by atoms with Gasteiger partial charge in [0.25, 0.3) is 0 Å². The summed E-state index contributed by atoms with van der Waals surface area (Å²) in [6.07, 6.45) is 65.2. The second-order valence-electron chi connectivity index (χ2n) is 15.7. The van der Waals surface area contributed by atoms with Gasteiger partial charge in [-0.15, -0.1) is 0 Å². The molecule has 0 radical (unpaired) electrons. The molecule has 0 aromatic carbocycles. The lowest BCUT2D eigenvalue weighted by Gasteiger charge is -2.18. The van der Waals surface area contributed by atoms with Gasteiger partial charge in [0, 0.05) is 19.3 Å². The Bertz CT molecular complexity index is 1290. The number of rotatable bonds is 42. The summed E-state index contributed by atoms with van der Waals surface area (Å²) in [7, 11) is 0. The predicted molar refractivity (Wildman–Crippen MR) is 260 cm³/mol. The lowest BCUT2D eigenvalue weighted by Crippen LogP contribution is -2.30. The van der Waals surface area contributed by atoms with Gasteiger partial charge in [-0.2, -0.15) is 0 Å². The fraction of sp³-hybridized carbons (Fsp3) is 0.618. The third-order valence-corrected chi connectivity index (χ3v) is 9.84. The van der Waals surface area contributed by atoms with Gasteiger partial charge in [0.2, 0.25) is 0 Å². The van der Waals surface area contributed by atoms with E-state index in [4.69, 9.17) is 14.2 Å². The second-order valence-corrected chi connectivity index (χ2v) is 15.7. The van der Waals surface area contributed by atoms with Gasteiger partial charge in [-0.05, 0) is 89.9 Å². The van der Waals surface area contributed by atoms with Crippen molar-refractivity contribution >= 4 is 17.9 Å². The molecule has 6 nitrogen and oxygen atoms in total. The molecule has 0 spiro atoms. The highest BCUT2D eigenvalue weighted by Crippen LogP contribution is 2.11. The number of hydrogen-bond acceptors (Lipinski definition) is 6. The molecule has 0 aromatic rings. The highest BCUT2D eigenvalue weighted by molar-refractivity contribution is 5.71. The van der Waals surface area contributed by atoms with Gasteiger partial charge in [0.15, 0.2) is 6.10 Å². The molecule has 1 atom stereocenters. The minimum absolute atomic E-state index is 0.140. The molecule has 0 fully saturated rings. The maximum atomic E-state index is 12.7. The number of unbranched alkanes of at least 4 members (excludes halogenated alkanes) is 16. The highest BCUT2D eigenvalue weighted by Gasteiger charge is 2.19. The fourth-order valence-corrected chi connectivity index (χ4v) is 6.17. The molecule has 6 heteroatoms. The molecule has 0 saturated heterocycles. The van der Waals surface area contributed by atoms with Crippen molar-refractivity contribution in [2.24, 2.45) is 0 Å². The number of hydrogen-bond donors (Lipinski definition) is 0. The largest absolute Gasteiger partial charge is 0.462 e. The summed E-state index contributed by atoms with van der Waals surface area (Å²) in [4.78, 5) is 37.8. The van der Waals surface area contributed by atoms with Gasteiger partial charge in [-0.25, -0.2) is 0 Å². The number of ether oxygens (including phenoxy) is 3. The van der Waals surface area contributed by atoms with Crippen LogP contribution in [0.5, 0.6) is 0 Å². The minimum Gasteiger partial charge on any atom is -0.462 e. The number of allylic oxidation sites excluding steroid dienone is 18. The predicted octanol–water partition coefficient (Wildman–Crippen LogP) is 16.0. The Hall–Kier alpha value is -3.93. The van der Waals surface area contributed by atoms with Gasteiger partial charge in [-0.3, -0.25) is 14.4 Å². The standard InChI is InChI=1S/C55H88O6/c1-4-7-10-13-16-19-22-25-26-27-28-31-33-36-39-42-45-48-54(57)60-51-52(61-55(58)49-46-43-40-37-34-30-24-21-18-15-12-9-6-3)50-59-53(56)47-44-41-38-35-32-29-23-20-17-14-11-8-5-2/h9,12,15,18,21,24-26,28-32,34,36,38-39,41,52H,4-8,10-11,13-14,16-17,19-20,22-23,27,33,35,37,40,42-51H2,1-3H3/b12-9+,18-15+,24-21+,26-25+,31-28+,32-29+,34-30+,39-36+,41-38+. The summed E-state index contributed by atoms with van der Waals surface area (Å²) in [5.74, 6) is -1.10. The number of carbonyl (C=O) groups excluding carboxylic acids is 3. The van der Waals surface area contributed by atoms with Crippen molar-refractivity contribution in [3.05, 3.63) is 109 Å². The second kappa shape index (κ2) is 48.7. The summed E-state index contributed by atoms with van der Waals surface area (Å²) in [6.45, 7) is 6.32. The van der Waals surface area contributed by atoms with Crippen molar-refractivity contribution in [2.75, 3.05) is 13.2 Å². The van der Waals surface area contributed by atoms with Crippen molar-refractivity contribution in [1.29, 1.82) is 0 Å². The molecule has 0 N–H and O–H groups in total. The number of esters is 3. The van der Waals surface area contributed by atoms with E-state index in [0.717, 1.165) is 57.8 Å². The molecule has 0 amide bonds. The first-order chi connectivity index (χ1) is 30.0. The molecule has 0 aromatic heterocycles. The van der Waals surface area contributed by atoms with Gasteiger partial charge in [0.1, 0.15) is 13.2 Å². The summed E-state index contributed by atoms with van der Waals surface area (Å²) in [6, 6.07) is 0. The Morgan fingerprint density at radius 2 is 0.754 bits per heavy atom. The van der Waals surface area contributed by atoms with Crippen molar-refractivity contribution in [3.8, 4) is 0 Å². The molecule has 0 heterocycles. The summed E-state index contributed by atoms with van der Waals surface area (Å²) >= 11 is 0. The summed E-state index contributed by atoms with van der Waals surface area (Å²) < 4.78 is 16.6. The zero-order valence-corrected chi connectivity index (χ0v) is 39.1. The van der Waals surface area contributed by atoms with Crippen LogP contribution < -0.4 is 0 Å². The van der Waals surface area contributed by atoms with Crippen molar-refractivity contribution in [2.45, 2.75) is 207 Å². The van der Waals surface area contributed by atoms with Gasteiger partial charge in [-0.1, -0.05) is 201 Å². The minimum atomic E-state index is -0.842. The Balaban J connectivity index is 4.60. The SMILES string of the molecule is CC/C=C/C=C/C=C/C=C/CCCCCC(=O)OC(COC(=O)CC/C=C/C/C=C/CCCCCCCC)COC(=O)CCC/C=C/C/C=C/C/C=C/CCCCCCCC. The molecule has 0 saturated carbocycles. The van der Waals surface area contributed by atoms with Gasteiger partial charge < -0.3 is 14.2 Å². The van der Waals surface area contributed by atoms with Gasteiger partial charge >= 0.3 is 17.9 Å². The fourth-order valence-electron chi connectivity index (χ4n) is 6.17. The van der Waals surface area contributed by atoms with Crippen molar-refractivity contribution in [3.63, 3.8) is 0 Å². The monoisotopic (exact) mass is 845 g/mol. The van der Waals surface area contributed by atoms with Crippen LogP contribution in [0.3, 0.4) is 0 Å². The summed E-state index contributed by atoms with van der Waals surface area (Å²) in [5.41, 5.74) is 0. The van der Waals surface area contributed by atoms with Gasteiger partial charge in [0.05, 0.1) is 0 Å². The average Bonchev–Trinajstić information content (AvgIpc) is 3.26. The normalized spacial score (nSPS) is 13.0. The van der Waals surface area contributed by atoms with E-state index in [0.29, 0.717) is 19.3 Å². The van der Waals surface area contributed by atoms with Crippen LogP contribution in [0, 0.1) is 0 Å². The first kappa shape index (κ1) is 57.1. The average molecular weight is 845 g/mol. The molecule has 0 aliphatic carbocycles. The molecule has 0 aliphatic heterocycles. The topological polar surface area (TPSA) is 78.9 Å². The highest BCUT2D eigenvalue weighted by atomic mass is 16.6. The van der Waals surface area contributed by atoms with E-state index >= 15 is 0 Å². The summed E-state index contributed by atoms with van der Waals surface area (Å²) in [5, 5.41) is 0. The molecular weight excluding hydrogens is 757 g/mol. The molecule has 0 rings (SSSR count). The smallest absolute Gasteiger partial charge is 0.306 e. The third-order valence-electron chi connectivity index (χ3n) is 9.84. The Morgan fingerprint density at radius 1 is 0.361 bits per heavy atom. The number of carbonyl (C=O) groups is 3. The van der Waals surface area contributed by atoms with Crippen LogP contribution in [-0.4, -0.2) is 37.2 Å². The van der Waals surface area contributed by atoms with E-state index in [-0.39, 0.29) is 50.4 Å². The van der Waals surface area contributed by atoms with Crippen LogP contribution in [0.4, 0.5) is 0 Å². The van der Waals surface area contributed by atoms with E-state index in [1.54, 1.807) is 0 Å². The Morgan fingerprint density at radius 3 is 1.30 bits per heavy atom.